The first-order valence-corrected chi connectivity index (χ1v) is 6.74. The molecule has 1 aromatic heterocycles. The molecule has 0 saturated carbocycles. The summed E-state index contributed by atoms with van der Waals surface area (Å²) in [5.74, 6) is 0. The molecule has 19 heavy (non-hydrogen) atoms. The Morgan fingerprint density at radius 1 is 1.42 bits per heavy atom. The summed E-state index contributed by atoms with van der Waals surface area (Å²) in [6, 6.07) is 9.68. The van der Waals surface area contributed by atoms with Gasteiger partial charge in [0.15, 0.2) is 0 Å². The highest BCUT2D eigenvalue weighted by Crippen LogP contribution is 2.28. The van der Waals surface area contributed by atoms with E-state index in [1.807, 2.05) is 24.3 Å². The molecule has 1 heterocycles. The largest absolute Gasteiger partial charge is 0.296 e. The van der Waals surface area contributed by atoms with E-state index in [-0.39, 0.29) is 12.1 Å². The monoisotopic (exact) mass is 273 g/mol. The average molecular weight is 274 g/mol. The molecule has 2 unspecified atom stereocenters. The van der Waals surface area contributed by atoms with Crippen LogP contribution in [0.25, 0.3) is 10.9 Å². The highest BCUT2D eigenvalue weighted by Gasteiger charge is 2.17. The smallest absolute Gasteiger partial charge is 0.123 e. The zero-order valence-electron chi connectivity index (χ0n) is 11.0. The number of pyridine rings is 1. The van der Waals surface area contributed by atoms with Gasteiger partial charge in [-0.05, 0) is 31.5 Å². The van der Waals surface area contributed by atoms with Crippen molar-refractivity contribution in [1.29, 1.82) is 5.26 Å². The van der Waals surface area contributed by atoms with E-state index >= 15 is 0 Å². The van der Waals surface area contributed by atoms with Gasteiger partial charge in [-0.15, -0.1) is 0 Å². The lowest BCUT2D eigenvalue weighted by atomic mass is 10.0. The fourth-order valence-electron chi connectivity index (χ4n) is 1.99. The van der Waals surface area contributed by atoms with Gasteiger partial charge in [0.1, 0.15) is 6.04 Å². The van der Waals surface area contributed by atoms with Crippen molar-refractivity contribution in [2.75, 3.05) is 0 Å². The second kappa shape index (κ2) is 6.01. The highest BCUT2D eigenvalue weighted by molar-refractivity contribution is 6.35. The number of hydrogen-bond donors (Lipinski definition) is 1. The molecule has 1 aromatic carbocycles. The van der Waals surface area contributed by atoms with E-state index in [0.717, 1.165) is 22.9 Å². The predicted octanol–water partition coefficient (Wildman–Crippen LogP) is 3.84. The summed E-state index contributed by atoms with van der Waals surface area (Å²) < 4.78 is 0. The van der Waals surface area contributed by atoms with Crippen LogP contribution in [-0.4, -0.2) is 11.0 Å². The van der Waals surface area contributed by atoms with Gasteiger partial charge in [-0.1, -0.05) is 24.6 Å². The van der Waals surface area contributed by atoms with Gasteiger partial charge in [0.05, 0.1) is 11.6 Å². The van der Waals surface area contributed by atoms with Gasteiger partial charge >= 0.3 is 0 Å². The molecule has 0 radical (unpaired) electrons. The Kier molecular flexibility index (Phi) is 4.36. The minimum absolute atomic E-state index is 0.277. The van der Waals surface area contributed by atoms with Crippen LogP contribution in [0.15, 0.2) is 30.5 Å². The summed E-state index contributed by atoms with van der Waals surface area (Å²) in [5, 5.41) is 14.2. The molecule has 0 spiro atoms. The molecule has 0 fully saturated rings. The Morgan fingerprint density at radius 3 is 2.89 bits per heavy atom. The number of hydrogen-bond acceptors (Lipinski definition) is 3. The Bertz CT molecular complexity index is 618. The molecule has 2 atom stereocenters. The number of benzene rings is 1. The van der Waals surface area contributed by atoms with Crippen LogP contribution in [0.4, 0.5) is 0 Å². The summed E-state index contributed by atoms with van der Waals surface area (Å²) in [4.78, 5) is 4.37. The standard InChI is InChI=1S/C15H16ClN3/c1-3-10(2)19-14(9-17)12-6-7-13(16)11-5-4-8-18-15(11)12/h4-8,10,14,19H,3H2,1-2H3. The zero-order chi connectivity index (χ0) is 13.8. The molecule has 1 N–H and O–H groups in total. The van der Waals surface area contributed by atoms with E-state index in [9.17, 15) is 5.26 Å². The Labute approximate surface area is 118 Å². The molecule has 0 aliphatic rings. The van der Waals surface area contributed by atoms with Crippen molar-refractivity contribution in [1.82, 2.24) is 10.3 Å². The maximum Gasteiger partial charge on any atom is 0.123 e. The molecule has 0 aliphatic heterocycles. The van der Waals surface area contributed by atoms with E-state index in [1.165, 1.54) is 0 Å². The molecule has 0 aliphatic carbocycles. The van der Waals surface area contributed by atoms with Gasteiger partial charge in [0, 0.05) is 28.2 Å². The third-order valence-electron chi connectivity index (χ3n) is 3.25. The first kappa shape index (κ1) is 13.8. The number of fused-ring (bicyclic) bond motifs is 1. The highest BCUT2D eigenvalue weighted by atomic mass is 35.5. The number of nitrogens with zero attached hydrogens (tertiary/aromatic N) is 2. The quantitative estimate of drug-likeness (QED) is 0.921. The van der Waals surface area contributed by atoms with Crippen molar-refractivity contribution in [2.45, 2.75) is 32.4 Å². The Balaban J connectivity index is 2.50. The molecule has 98 valence electrons. The van der Waals surface area contributed by atoms with Crippen LogP contribution in [0.2, 0.25) is 5.02 Å². The van der Waals surface area contributed by atoms with Crippen LogP contribution in [0, 0.1) is 11.3 Å². The van der Waals surface area contributed by atoms with Crippen molar-refractivity contribution < 1.29 is 0 Å². The Morgan fingerprint density at radius 2 is 2.21 bits per heavy atom. The summed E-state index contributed by atoms with van der Waals surface area (Å²) in [6.07, 6.45) is 2.69. The summed E-state index contributed by atoms with van der Waals surface area (Å²) in [5.41, 5.74) is 1.67. The van der Waals surface area contributed by atoms with Gasteiger partial charge in [-0.3, -0.25) is 10.3 Å². The van der Waals surface area contributed by atoms with Crippen LogP contribution in [0.1, 0.15) is 31.9 Å². The average Bonchev–Trinajstić information content (AvgIpc) is 2.45. The van der Waals surface area contributed by atoms with Crippen LogP contribution in [0.3, 0.4) is 0 Å². The molecule has 0 saturated heterocycles. The lowest BCUT2D eigenvalue weighted by molar-refractivity contribution is 0.502. The first-order chi connectivity index (χ1) is 9.17. The molecule has 0 bridgehead atoms. The van der Waals surface area contributed by atoms with Crippen molar-refractivity contribution in [3.05, 3.63) is 41.0 Å². The molecule has 2 rings (SSSR count). The molecular weight excluding hydrogens is 258 g/mol. The number of rotatable bonds is 4. The van der Waals surface area contributed by atoms with Crippen molar-refractivity contribution >= 4 is 22.5 Å². The summed E-state index contributed by atoms with van der Waals surface area (Å²) >= 11 is 6.17. The minimum Gasteiger partial charge on any atom is -0.296 e. The number of halogens is 1. The fraction of sp³-hybridized carbons (Fsp3) is 0.333. The van der Waals surface area contributed by atoms with E-state index in [2.05, 4.69) is 30.2 Å². The van der Waals surface area contributed by atoms with E-state index in [1.54, 1.807) is 6.20 Å². The third kappa shape index (κ3) is 2.86. The zero-order valence-corrected chi connectivity index (χ0v) is 11.8. The second-order valence-corrected chi connectivity index (χ2v) is 4.98. The van der Waals surface area contributed by atoms with Crippen molar-refractivity contribution in [2.24, 2.45) is 0 Å². The van der Waals surface area contributed by atoms with Gasteiger partial charge in [-0.25, -0.2) is 0 Å². The normalized spacial score (nSPS) is 14.0. The first-order valence-electron chi connectivity index (χ1n) is 6.36. The maximum absolute atomic E-state index is 9.38. The second-order valence-electron chi connectivity index (χ2n) is 4.57. The predicted molar refractivity (Wildman–Crippen MR) is 78.0 cm³/mol. The van der Waals surface area contributed by atoms with Gasteiger partial charge < -0.3 is 0 Å². The van der Waals surface area contributed by atoms with Gasteiger partial charge in [0.2, 0.25) is 0 Å². The third-order valence-corrected chi connectivity index (χ3v) is 3.58. The number of aromatic nitrogens is 1. The van der Waals surface area contributed by atoms with Gasteiger partial charge in [-0.2, -0.15) is 5.26 Å². The molecule has 2 aromatic rings. The number of nitriles is 1. The maximum atomic E-state index is 9.38. The van der Waals surface area contributed by atoms with Crippen molar-refractivity contribution in [3.8, 4) is 6.07 Å². The van der Waals surface area contributed by atoms with Crippen LogP contribution >= 0.6 is 11.6 Å². The molecule has 3 nitrogen and oxygen atoms in total. The van der Waals surface area contributed by atoms with Gasteiger partial charge in [0.25, 0.3) is 0 Å². The van der Waals surface area contributed by atoms with E-state index in [4.69, 9.17) is 11.6 Å². The number of nitrogens with one attached hydrogen (secondary N) is 1. The topological polar surface area (TPSA) is 48.7 Å². The molecular formula is C15H16ClN3. The summed E-state index contributed by atoms with van der Waals surface area (Å²) in [6.45, 7) is 4.15. The summed E-state index contributed by atoms with van der Waals surface area (Å²) in [7, 11) is 0. The fourth-order valence-corrected chi connectivity index (χ4v) is 2.21. The van der Waals surface area contributed by atoms with Crippen LogP contribution in [-0.2, 0) is 0 Å². The minimum atomic E-state index is -0.371. The van der Waals surface area contributed by atoms with Crippen LogP contribution < -0.4 is 5.32 Å². The van der Waals surface area contributed by atoms with Crippen LogP contribution in [0.5, 0.6) is 0 Å². The SMILES string of the molecule is CCC(C)NC(C#N)c1ccc(Cl)c2cccnc12. The molecule has 0 amide bonds. The molecule has 4 heteroatoms. The van der Waals surface area contributed by atoms with E-state index < -0.39 is 0 Å². The lowest BCUT2D eigenvalue weighted by Crippen LogP contribution is -2.29. The van der Waals surface area contributed by atoms with E-state index in [0.29, 0.717) is 5.02 Å². The Hall–Kier alpha value is -1.63. The van der Waals surface area contributed by atoms with Crippen molar-refractivity contribution in [3.63, 3.8) is 0 Å². The lowest BCUT2D eigenvalue weighted by Gasteiger charge is -2.18.